The van der Waals surface area contributed by atoms with E-state index >= 15 is 0 Å². The van der Waals surface area contributed by atoms with Crippen LogP contribution in [0.25, 0.3) is 0 Å². The number of nitrogens with two attached hydrogens (primary N) is 1. The molecule has 27 heavy (non-hydrogen) atoms. The molecule has 0 unspecified atom stereocenters. The van der Waals surface area contributed by atoms with E-state index in [1.807, 2.05) is 4.90 Å². The predicted molar refractivity (Wildman–Crippen MR) is 101 cm³/mol. The fourth-order valence-electron chi connectivity index (χ4n) is 3.24. The van der Waals surface area contributed by atoms with E-state index < -0.39 is 11.7 Å². The Labute approximate surface area is 156 Å². The first-order valence-corrected chi connectivity index (χ1v) is 8.93. The van der Waals surface area contributed by atoms with Crippen LogP contribution < -0.4 is 16.0 Å². The highest BCUT2D eigenvalue weighted by Crippen LogP contribution is 2.36. The van der Waals surface area contributed by atoms with Crippen LogP contribution in [0.1, 0.15) is 30.4 Å². The Morgan fingerprint density at radius 1 is 1.04 bits per heavy atom. The Balaban J connectivity index is 1.83. The molecule has 1 heterocycles. The number of halogens is 3. The lowest BCUT2D eigenvalue weighted by Crippen LogP contribution is -2.30. The molecule has 0 aliphatic carbocycles. The number of nitrogens with one attached hydrogen (secondary N) is 1. The molecule has 0 saturated carbocycles. The summed E-state index contributed by atoms with van der Waals surface area (Å²) in [4.78, 5) is 14.5. The molecule has 144 valence electrons. The third kappa shape index (κ3) is 4.93. The zero-order valence-electron chi connectivity index (χ0n) is 14.9. The molecule has 0 radical (unpaired) electrons. The van der Waals surface area contributed by atoms with E-state index in [0.717, 1.165) is 50.0 Å². The van der Waals surface area contributed by atoms with E-state index in [9.17, 15) is 18.0 Å². The number of amides is 1. The van der Waals surface area contributed by atoms with Gasteiger partial charge in [0.1, 0.15) is 0 Å². The first kappa shape index (κ1) is 19.1. The van der Waals surface area contributed by atoms with Crippen molar-refractivity contribution in [2.45, 2.75) is 31.9 Å². The van der Waals surface area contributed by atoms with Crippen LogP contribution in [0.3, 0.4) is 0 Å². The largest absolute Gasteiger partial charge is 0.416 e. The fourth-order valence-corrected chi connectivity index (χ4v) is 3.24. The van der Waals surface area contributed by atoms with Gasteiger partial charge >= 0.3 is 6.18 Å². The number of hydrogen-bond donors (Lipinski definition) is 2. The normalized spacial score (nSPS) is 14.9. The summed E-state index contributed by atoms with van der Waals surface area (Å²) in [6.45, 7) is 1.54. The van der Waals surface area contributed by atoms with Crippen LogP contribution in [0.2, 0.25) is 0 Å². The second-order valence-electron chi connectivity index (χ2n) is 6.74. The van der Waals surface area contributed by atoms with Gasteiger partial charge in [-0.25, -0.2) is 0 Å². The molecule has 0 aromatic heterocycles. The standard InChI is InChI=1S/C20H22F3N3O/c21-20(22,23)15-6-9-18(26-10-2-1-3-11-26)17(13-15)25-19(27)12-14-4-7-16(24)8-5-14/h4-9,13H,1-3,10-12,24H2,(H,25,27). The first-order valence-electron chi connectivity index (χ1n) is 8.93. The minimum atomic E-state index is -4.46. The summed E-state index contributed by atoms with van der Waals surface area (Å²) in [5.74, 6) is -0.364. The summed E-state index contributed by atoms with van der Waals surface area (Å²) in [6, 6.07) is 10.4. The Morgan fingerprint density at radius 3 is 2.33 bits per heavy atom. The van der Waals surface area contributed by atoms with Gasteiger partial charge in [0.25, 0.3) is 0 Å². The lowest BCUT2D eigenvalue weighted by Gasteiger charge is -2.31. The predicted octanol–water partition coefficient (Wildman–Crippen LogP) is 4.46. The molecule has 2 aromatic rings. The lowest BCUT2D eigenvalue weighted by atomic mass is 10.1. The van der Waals surface area contributed by atoms with Gasteiger partial charge in [0.2, 0.25) is 5.91 Å². The van der Waals surface area contributed by atoms with Crippen LogP contribution in [-0.4, -0.2) is 19.0 Å². The Kier molecular flexibility index (Phi) is 5.58. The fraction of sp³-hybridized carbons (Fsp3) is 0.350. The molecule has 0 spiro atoms. The Bertz CT molecular complexity index is 797. The number of alkyl halides is 3. The molecule has 3 rings (SSSR count). The van der Waals surface area contributed by atoms with Crippen LogP contribution in [0, 0.1) is 0 Å². The summed E-state index contributed by atoms with van der Waals surface area (Å²) in [5, 5.41) is 2.67. The minimum absolute atomic E-state index is 0.0654. The zero-order chi connectivity index (χ0) is 19.4. The topological polar surface area (TPSA) is 58.4 Å². The van der Waals surface area contributed by atoms with Crippen molar-refractivity contribution in [3.05, 3.63) is 53.6 Å². The lowest BCUT2D eigenvalue weighted by molar-refractivity contribution is -0.137. The van der Waals surface area contributed by atoms with Crippen molar-refractivity contribution in [1.29, 1.82) is 0 Å². The third-order valence-corrected chi connectivity index (χ3v) is 4.64. The van der Waals surface area contributed by atoms with Crippen LogP contribution in [0.5, 0.6) is 0 Å². The molecule has 1 aliphatic rings. The highest BCUT2D eigenvalue weighted by molar-refractivity contribution is 5.95. The number of carbonyl (C=O) groups is 1. The summed E-state index contributed by atoms with van der Waals surface area (Å²) in [7, 11) is 0. The minimum Gasteiger partial charge on any atom is -0.399 e. The van der Waals surface area contributed by atoms with Gasteiger partial charge in [-0.3, -0.25) is 4.79 Å². The summed E-state index contributed by atoms with van der Waals surface area (Å²) >= 11 is 0. The molecule has 7 heteroatoms. The van der Waals surface area contributed by atoms with Crippen molar-refractivity contribution in [3.8, 4) is 0 Å². The number of nitrogens with zero attached hydrogens (tertiary/aromatic N) is 1. The molecule has 1 amide bonds. The Hall–Kier alpha value is -2.70. The first-order chi connectivity index (χ1) is 12.8. The summed E-state index contributed by atoms with van der Waals surface area (Å²) < 4.78 is 39.4. The number of piperidine rings is 1. The third-order valence-electron chi connectivity index (χ3n) is 4.64. The van der Waals surface area contributed by atoms with Crippen molar-refractivity contribution in [1.82, 2.24) is 0 Å². The van der Waals surface area contributed by atoms with Gasteiger partial charge in [-0.15, -0.1) is 0 Å². The van der Waals surface area contributed by atoms with E-state index in [0.29, 0.717) is 11.4 Å². The molecule has 0 bridgehead atoms. The van der Waals surface area contributed by atoms with E-state index in [4.69, 9.17) is 5.73 Å². The number of hydrogen-bond acceptors (Lipinski definition) is 3. The van der Waals surface area contributed by atoms with Gasteiger partial charge < -0.3 is 16.0 Å². The maximum Gasteiger partial charge on any atom is 0.416 e. The molecule has 4 nitrogen and oxygen atoms in total. The van der Waals surface area contributed by atoms with Crippen LogP contribution >= 0.6 is 0 Å². The smallest absolute Gasteiger partial charge is 0.399 e. The van der Waals surface area contributed by atoms with Gasteiger partial charge in [0.15, 0.2) is 0 Å². The SMILES string of the molecule is Nc1ccc(CC(=O)Nc2cc(C(F)(F)F)ccc2N2CCCCC2)cc1. The van der Waals surface area contributed by atoms with E-state index in [2.05, 4.69) is 5.32 Å². The van der Waals surface area contributed by atoms with E-state index in [-0.39, 0.29) is 18.0 Å². The number of carbonyl (C=O) groups excluding carboxylic acids is 1. The van der Waals surface area contributed by atoms with Gasteiger partial charge in [0, 0.05) is 18.8 Å². The van der Waals surface area contributed by atoms with Crippen LogP contribution in [-0.2, 0) is 17.4 Å². The Morgan fingerprint density at radius 2 is 1.70 bits per heavy atom. The number of anilines is 3. The average Bonchev–Trinajstić information content (AvgIpc) is 2.63. The van der Waals surface area contributed by atoms with Crippen molar-refractivity contribution >= 4 is 23.0 Å². The van der Waals surface area contributed by atoms with Gasteiger partial charge in [-0.2, -0.15) is 13.2 Å². The molecule has 2 aromatic carbocycles. The van der Waals surface area contributed by atoms with Crippen molar-refractivity contribution in [2.24, 2.45) is 0 Å². The maximum absolute atomic E-state index is 13.1. The van der Waals surface area contributed by atoms with Crippen molar-refractivity contribution in [2.75, 3.05) is 29.0 Å². The molecule has 1 saturated heterocycles. The summed E-state index contributed by atoms with van der Waals surface area (Å²) in [5.41, 5.74) is 7.02. The average molecular weight is 377 g/mol. The molecule has 1 aliphatic heterocycles. The molecular weight excluding hydrogens is 355 g/mol. The van der Waals surface area contributed by atoms with Crippen molar-refractivity contribution < 1.29 is 18.0 Å². The summed E-state index contributed by atoms with van der Waals surface area (Å²) in [6.07, 6.45) is -1.32. The van der Waals surface area contributed by atoms with Crippen molar-refractivity contribution in [3.63, 3.8) is 0 Å². The second-order valence-corrected chi connectivity index (χ2v) is 6.74. The zero-order valence-corrected chi connectivity index (χ0v) is 14.9. The van der Waals surface area contributed by atoms with Gasteiger partial charge in [-0.05, 0) is 55.2 Å². The highest BCUT2D eigenvalue weighted by atomic mass is 19.4. The highest BCUT2D eigenvalue weighted by Gasteiger charge is 2.31. The molecule has 1 fully saturated rings. The molecular formula is C20H22F3N3O. The molecule has 0 atom stereocenters. The van der Waals surface area contributed by atoms with Crippen LogP contribution in [0.4, 0.5) is 30.2 Å². The maximum atomic E-state index is 13.1. The number of nitrogen functional groups attached to an aromatic ring is 1. The van der Waals surface area contributed by atoms with E-state index in [1.54, 1.807) is 24.3 Å². The molecule has 3 N–H and O–H groups in total. The van der Waals surface area contributed by atoms with Gasteiger partial charge in [0.05, 0.1) is 23.4 Å². The number of benzene rings is 2. The van der Waals surface area contributed by atoms with Crippen LogP contribution in [0.15, 0.2) is 42.5 Å². The monoisotopic (exact) mass is 377 g/mol. The van der Waals surface area contributed by atoms with Gasteiger partial charge in [-0.1, -0.05) is 12.1 Å². The quantitative estimate of drug-likeness (QED) is 0.774. The van der Waals surface area contributed by atoms with E-state index in [1.165, 1.54) is 6.07 Å². The second kappa shape index (κ2) is 7.90. The number of rotatable bonds is 4.